The van der Waals surface area contributed by atoms with E-state index in [4.69, 9.17) is 28.0 Å². The summed E-state index contributed by atoms with van der Waals surface area (Å²) >= 11 is 5.11. The lowest BCUT2D eigenvalue weighted by Gasteiger charge is -2.09. The highest BCUT2D eigenvalue weighted by Crippen LogP contribution is 2.22. The number of nitrogen functional groups attached to an aromatic ring is 1. The van der Waals surface area contributed by atoms with Crippen LogP contribution in [0.4, 0.5) is 30.2 Å². The number of nitrogens with two attached hydrogens (primary N) is 2. The summed E-state index contributed by atoms with van der Waals surface area (Å²) in [7, 11) is -17.1. The van der Waals surface area contributed by atoms with E-state index >= 15 is 0 Å². The van der Waals surface area contributed by atoms with Gasteiger partial charge in [0.15, 0.2) is 56.7 Å². The summed E-state index contributed by atoms with van der Waals surface area (Å²) in [5, 5.41) is 23.8. The van der Waals surface area contributed by atoms with Crippen LogP contribution in [0, 0.1) is 20.2 Å². The van der Waals surface area contributed by atoms with Gasteiger partial charge in [-0.15, -0.1) is 0 Å². The highest BCUT2D eigenvalue weighted by Gasteiger charge is 2.42. The van der Waals surface area contributed by atoms with Gasteiger partial charge in [0, 0.05) is 58.4 Å². The average Bonchev–Trinajstić information content (AvgIpc) is 2.16. The van der Waals surface area contributed by atoms with Gasteiger partial charge in [-0.2, -0.15) is 13.2 Å². The molecule has 0 atom stereocenters. The third-order valence-electron chi connectivity index (χ3n) is 11.2. The quantitative estimate of drug-likeness (QED) is 0.0122. The van der Waals surface area contributed by atoms with E-state index in [1.165, 1.54) is 99.5 Å². The largest absolute Gasteiger partial charge is 0.511 e. The molecule has 4 rings (SSSR count). The lowest BCUT2D eigenvalue weighted by molar-refractivity contribution is -0.385. The second-order valence-electron chi connectivity index (χ2n) is 19.6. The second kappa shape index (κ2) is 43.1. The number of primary sulfonamides is 1. The third-order valence-corrected chi connectivity index (χ3v) is 17.3. The first-order valence-electron chi connectivity index (χ1n) is 26.7. The van der Waals surface area contributed by atoms with Gasteiger partial charge in [-0.3, -0.25) is 39.4 Å². The summed E-state index contributed by atoms with van der Waals surface area (Å²) in [6.45, 7) is 4.34. The van der Waals surface area contributed by atoms with Crippen LogP contribution in [0.1, 0.15) is 158 Å². The molecule has 0 aliphatic heterocycles. The van der Waals surface area contributed by atoms with Crippen LogP contribution in [0.3, 0.4) is 0 Å². The zero-order valence-electron chi connectivity index (χ0n) is 49.4. The van der Waals surface area contributed by atoms with Crippen molar-refractivity contribution in [2.24, 2.45) is 5.14 Å². The molecule has 0 fully saturated rings. The van der Waals surface area contributed by atoms with Crippen molar-refractivity contribution in [2.75, 3.05) is 53.3 Å². The second-order valence-corrected chi connectivity index (χ2v) is 33.0. The molecular weight excluding hydrogens is 1360 g/mol. The van der Waals surface area contributed by atoms with Gasteiger partial charge in [-0.1, -0.05) is 159 Å². The molecule has 35 heteroatoms. The lowest BCUT2D eigenvalue weighted by Crippen LogP contribution is -2.30. The van der Waals surface area contributed by atoms with E-state index in [0.29, 0.717) is 24.1 Å². The Morgan fingerprint density at radius 3 is 1.13 bits per heavy atom. The fraction of sp³-hybridized carbons (Fsp3) is 0.491. The number of hydrogen-bond acceptors (Lipinski definition) is 21. The van der Waals surface area contributed by atoms with Crippen molar-refractivity contribution in [1.82, 2.24) is 0 Å². The molecular formula is C55H79Cl2F3N4O20S6. The number of carbonyl (C=O) groups is 4. The Hall–Kier alpha value is -5.81. The molecule has 0 radical (unpaired) electrons. The van der Waals surface area contributed by atoms with Crippen molar-refractivity contribution in [2.45, 2.75) is 122 Å². The first-order valence-corrected chi connectivity index (χ1v) is 39.1. The molecule has 90 heavy (non-hydrogen) atoms. The highest BCUT2D eigenvalue weighted by atomic mass is 35.7. The number of para-hydroxylation sites is 3. The zero-order chi connectivity index (χ0) is 69.0. The van der Waals surface area contributed by atoms with E-state index in [9.17, 15) is 103 Å². The summed E-state index contributed by atoms with van der Waals surface area (Å²) in [6.07, 6.45) is 18.0. The fourth-order valence-electron chi connectivity index (χ4n) is 7.10. The fourth-order valence-corrected chi connectivity index (χ4v) is 11.5. The maximum absolute atomic E-state index is 12.4. The molecule has 0 aliphatic rings. The number of anilines is 1. The van der Waals surface area contributed by atoms with E-state index < -0.39 is 114 Å². The summed E-state index contributed by atoms with van der Waals surface area (Å²) < 4.78 is 163. The molecule has 24 nitrogen and oxygen atoms in total. The third kappa shape index (κ3) is 43.8. The van der Waals surface area contributed by atoms with Gasteiger partial charge < -0.3 is 5.73 Å². The van der Waals surface area contributed by atoms with Crippen LogP contribution >= 0.6 is 22.3 Å². The van der Waals surface area contributed by atoms with Gasteiger partial charge in [0.2, 0.25) is 9.05 Å². The van der Waals surface area contributed by atoms with Gasteiger partial charge in [0.05, 0.1) is 32.7 Å². The van der Waals surface area contributed by atoms with Crippen LogP contribution < -0.4 is 10.9 Å². The van der Waals surface area contributed by atoms with Gasteiger partial charge in [-0.25, -0.2) is 55.6 Å². The zero-order valence-corrected chi connectivity index (χ0v) is 55.8. The normalized spacial score (nSPS) is 11.5. The van der Waals surface area contributed by atoms with Gasteiger partial charge in [0.1, 0.15) is 22.8 Å². The Balaban J connectivity index is -0.00000105. The molecule has 4 aromatic carbocycles. The van der Waals surface area contributed by atoms with Crippen molar-refractivity contribution >= 4 is 120 Å². The van der Waals surface area contributed by atoms with E-state index in [1.807, 2.05) is 0 Å². The number of Topliss-reactive ketones (excluding diaryl/α,β-unsaturated/α-hetero) is 3. The maximum Gasteiger partial charge on any atom is 0.511 e. The lowest BCUT2D eigenvalue weighted by atomic mass is 10.1. The molecule has 0 heterocycles. The standard InChI is InChI=1S/C19H30O5S2.C9H19ClO2S.C9H9NO5S.C9H11NO3S.C7H4ClNO3.CH2F3NO2S.CH4/c1-3-4-5-6-7-8-11-14-26(23,24)15-17-12-9-10-13-18(17)19(20)16-25(2,21)22;1-2-3-4-5-6-7-8-9-13(10,11)12;1-16(14,15)6-9(11)7-4-2-3-5-8(7)10(12)13;1-14(12,13)6-9(11)7-4-2-3-5-8(7)10;8-7(10)5-3-1-2-4-6(5)9(11)12;2-1(3,4)8(5,6)7;/h9-10,12-13H,3-8,11,14-16H2,1-2H3;2-9H2,1H3;2-5H,6H2,1H3;2-5H,6,10H2,1H3;1-4H;(H2,5,6,7);1H4. The number of nitro benzene ring substituents is 2. The number of rotatable bonds is 30. The Morgan fingerprint density at radius 2 is 0.789 bits per heavy atom. The first kappa shape index (κ1) is 88.4. The summed E-state index contributed by atoms with van der Waals surface area (Å²) in [4.78, 5) is 65.3. The molecule has 0 aromatic heterocycles. The highest BCUT2D eigenvalue weighted by molar-refractivity contribution is 8.13. The molecule has 0 bridgehead atoms. The molecule has 0 saturated carbocycles. The van der Waals surface area contributed by atoms with E-state index in [2.05, 4.69) is 19.0 Å². The molecule has 0 saturated heterocycles. The Bertz CT molecular complexity index is 3640. The predicted molar refractivity (Wildman–Crippen MR) is 345 cm³/mol. The van der Waals surface area contributed by atoms with Gasteiger partial charge in [0.25, 0.3) is 16.6 Å². The number of carbonyl (C=O) groups excluding carboxylic acids is 4. The number of nitro groups is 2. The monoisotopic (exact) mass is 1430 g/mol. The average molecular weight is 1440 g/mol. The van der Waals surface area contributed by atoms with Crippen molar-refractivity contribution in [3.05, 3.63) is 145 Å². The van der Waals surface area contributed by atoms with Crippen molar-refractivity contribution in [3.8, 4) is 0 Å². The van der Waals surface area contributed by atoms with Crippen LogP contribution in [0.5, 0.6) is 0 Å². The minimum Gasteiger partial charge on any atom is -0.398 e. The molecule has 4 aromatic rings. The number of sulfone groups is 4. The van der Waals surface area contributed by atoms with Gasteiger partial charge >= 0.3 is 15.5 Å². The van der Waals surface area contributed by atoms with Crippen LogP contribution in [-0.2, 0) is 64.2 Å². The summed E-state index contributed by atoms with van der Waals surface area (Å²) in [5.41, 5.74) is 0.434. The van der Waals surface area contributed by atoms with Crippen LogP contribution in [-0.4, -0.2) is 136 Å². The number of alkyl halides is 3. The minimum absolute atomic E-state index is 0. The number of benzene rings is 4. The summed E-state index contributed by atoms with van der Waals surface area (Å²) in [6, 6.07) is 23.6. The van der Waals surface area contributed by atoms with Crippen molar-refractivity contribution in [3.63, 3.8) is 0 Å². The molecule has 510 valence electrons. The number of halogens is 5. The number of hydrogen-bond donors (Lipinski definition) is 2. The molecule has 0 aliphatic carbocycles. The van der Waals surface area contributed by atoms with Crippen LogP contribution in [0.15, 0.2) is 97.1 Å². The van der Waals surface area contributed by atoms with E-state index in [0.717, 1.165) is 56.9 Å². The van der Waals surface area contributed by atoms with E-state index in [-0.39, 0.29) is 58.3 Å². The van der Waals surface area contributed by atoms with Gasteiger partial charge in [-0.05, 0) is 54.3 Å². The Morgan fingerprint density at radius 1 is 0.489 bits per heavy atom. The molecule has 4 N–H and O–H groups in total. The number of nitrogens with zero attached hydrogens (tertiary/aromatic N) is 2. The van der Waals surface area contributed by atoms with Crippen molar-refractivity contribution < 1.29 is 92.7 Å². The molecule has 0 amide bonds. The predicted octanol–water partition coefficient (Wildman–Crippen LogP) is 10.6. The minimum atomic E-state index is -5.34. The van der Waals surface area contributed by atoms with Crippen LogP contribution in [0.2, 0.25) is 0 Å². The van der Waals surface area contributed by atoms with E-state index in [1.54, 1.807) is 36.4 Å². The topological polar surface area (TPSA) is 411 Å². The first-order chi connectivity index (χ1) is 40.8. The number of ketones is 3. The van der Waals surface area contributed by atoms with Crippen LogP contribution in [0.25, 0.3) is 0 Å². The van der Waals surface area contributed by atoms with Crippen molar-refractivity contribution in [1.29, 1.82) is 0 Å². The Kier molecular flexibility index (Phi) is 42.3. The number of sulfonamides is 1. The number of unbranched alkanes of at least 4 members (excludes halogenated alkanes) is 12. The Labute approximate surface area is 535 Å². The smallest absolute Gasteiger partial charge is 0.398 e. The maximum atomic E-state index is 12.4. The molecule has 0 spiro atoms. The molecule has 0 unspecified atom stereocenters. The summed E-state index contributed by atoms with van der Waals surface area (Å²) in [5.74, 6) is -3.64. The SMILES string of the molecule is C.CCCCCCCCCS(=O)(=O)Cc1ccccc1C(=O)CS(C)(=O)=O.CCCCCCCCCS(=O)(=O)Cl.CS(=O)(=O)CC(=O)c1ccccc1N.CS(=O)(=O)CC(=O)c1ccccc1[N+](=O)[O-].NS(=O)(=O)C(F)(F)F.O=C(Cl)c1ccccc1[N+](=O)[O-].